The van der Waals surface area contributed by atoms with Crippen LogP contribution in [0.25, 0.3) is 0 Å². The van der Waals surface area contributed by atoms with Gasteiger partial charge in [0.2, 0.25) is 0 Å². The van der Waals surface area contributed by atoms with Crippen molar-refractivity contribution in [1.29, 1.82) is 0 Å². The van der Waals surface area contributed by atoms with Crippen LogP contribution in [0.1, 0.15) is 56.8 Å². The highest BCUT2D eigenvalue weighted by molar-refractivity contribution is 7.85. The fourth-order valence-electron chi connectivity index (χ4n) is 3.92. The molecule has 1 aliphatic rings. The van der Waals surface area contributed by atoms with Gasteiger partial charge in [-0.1, -0.05) is 32.9 Å². The molecule has 0 saturated carbocycles. The number of ether oxygens (including phenoxy) is 1. The summed E-state index contributed by atoms with van der Waals surface area (Å²) >= 11 is 0. The van der Waals surface area contributed by atoms with Gasteiger partial charge in [-0.3, -0.25) is 14.7 Å². The Labute approximate surface area is 245 Å². The molecule has 3 heterocycles. The van der Waals surface area contributed by atoms with Gasteiger partial charge in [-0.05, 0) is 55.8 Å². The molecule has 14 heteroatoms. The molecule has 1 fully saturated rings. The standard InChI is InChI=1S/C27H34N6O4.CH4O3S/c1-5-33-14-12-20(13-15-33)36-21-10-11-22(28-17-21)25(34)29-18-6-8-19(9-7-18)30-26(35)31-24-16-23(37-32-24)27(2,3)4;1-5(2,3)4/h6-11,16-17,20H,5,12-15H2,1-4H3,(H,29,34)(H2,30,31,32,35);1H3,(H,2,3,4). The van der Waals surface area contributed by atoms with Crippen molar-refractivity contribution >= 4 is 39.2 Å². The number of anilines is 3. The molecule has 1 saturated heterocycles. The predicted octanol–water partition coefficient (Wildman–Crippen LogP) is 4.63. The highest BCUT2D eigenvalue weighted by atomic mass is 32.2. The first-order valence-electron chi connectivity index (χ1n) is 13.4. The maximum absolute atomic E-state index is 12.6. The van der Waals surface area contributed by atoms with Crippen LogP contribution in [0.3, 0.4) is 0 Å². The molecule has 2 aromatic heterocycles. The minimum atomic E-state index is -3.67. The molecule has 42 heavy (non-hydrogen) atoms. The zero-order valence-electron chi connectivity index (χ0n) is 24.4. The van der Waals surface area contributed by atoms with E-state index < -0.39 is 16.1 Å². The second-order valence-electron chi connectivity index (χ2n) is 10.8. The highest BCUT2D eigenvalue weighted by Crippen LogP contribution is 2.24. The zero-order chi connectivity index (χ0) is 30.9. The molecule has 1 aromatic carbocycles. The minimum Gasteiger partial charge on any atom is -0.489 e. The van der Waals surface area contributed by atoms with Crippen LogP contribution in [0.5, 0.6) is 5.75 Å². The number of hydrogen-bond acceptors (Lipinski definition) is 9. The van der Waals surface area contributed by atoms with Gasteiger partial charge >= 0.3 is 6.03 Å². The second-order valence-corrected chi connectivity index (χ2v) is 12.3. The van der Waals surface area contributed by atoms with E-state index in [1.807, 2.05) is 20.8 Å². The largest absolute Gasteiger partial charge is 0.489 e. The average molecular weight is 603 g/mol. The van der Waals surface area contributed by atoms with Crippen LogP contribution in [0, 0.1) is 0 Å². The second kappa shape index (κ2) is 14.2. The smallest absolute Gasteiger partial charge is 0.324 e. The molecule has 0 spiro atoms. The van der Waals surface area contributed by atoms with E-state index in [0.717, 1.165) is 32.5 Å². The van der Waals surface area contributed by atoms with Gasteiger partial charge in [-0.15, -0.1) is 0 Å². The average Bonchev–Trinajstić information content (AvgIpc) is 3.39. The van der Waals surface area contributed by atoms with Gasteiger partial charge in [0, 0.05) is 35.9 Å². The number of pyridine rings is 1. The summed E-state index contributed by atoms with van der Waals surface area (Å²) in [5, 5.41) is 12.0. The van der Waals surface area contributed by atoms with Gasteiger partial charge in [0.15, 0.2) is 5.82 Å². The molecule has 0 unspecified atom stereocenters. The van der Waals surface area contributed by atoms with Crippen molar-refractivity contribution in [2.24, 2.45) is 0 Å². The number of likely N-dealkylation sites (tertiary alicyclic amines) is 1. The number of amides is 3. The normalized spacial score (nSPS) is 14.3. The van der Waals surface area contributed by atoms with E-state index in [2.05, 4.69) is 37.9 Å². The Kier molecular flexibility index (Phi) is 11.0. The first kappa shape index (κ1) is 32.5. The van der Waals surface area contributed by atoms with Crippen molar-refractivity contribution in [3.05, 3.63) is 60.1 Å². The summed E-state index contributed by atoms with van der Waals surface area (Å²) in [5.41, 5.74) is 1.21. The summed E-state index contributed by atoms with van der Waals surface area (Å²) in [6.07, 6.45) is 4.45. The summed E-state index contributed by atoms with van der Waals surface area (Å²) in [6.45, 7) is 11.3. The van der Waals surface area contributed by atoms with Crippen LogP contribution >= 0.6 is 0 Å². The fourth-order valence-corrected chi connectivity index (χ4v) is 3.92. The Hall–Kier alpha value is -4.01. The number of aromatic nitrogens is 2. The Bertz CT molecular complexity index is 1420. The Morgan fingerprint density at radius 2 is 1.64 bits per heavy atom. The monoisotopic (exact) mass is 602 g/mol. The van der Waals surface area contributed by atoms with E-state index in [9.17, 15) is 18.0 Å². The zero-order valence-corrected chi connectivity index (χ0v) is 25.2. The lowest BCUT2D eigenvalue weighted by atomic mass is 9.93. The predicted molar refractivity (Wildman–Crippen MR) is 160 cm³/mol. The molecule has 228 valence electrons. The Morgan fingerprint density at radius 1 is 1.05 bits per heavy atom. The van der Waals surface area contributed by atoms with Crippen LogP contribution in [0.2, 0.25) is 0 Å². The van der Waals surface area contributed by atoms with Crippen molar-refractivity contribution in [2.45, 2.75) is 52.1 Å². The lowest BCUT2D eigenvalue weighted by Gasteiger charge is -2.31. The molecular weight excluding hydrogens is 564 g/mol. The lowest BCUT2D eigenvalue weighted by Crippen LogP contribution is -2.38. The quantitative estimate of drug-likeness (QED) is 0.279. The Morgan fingerprint density at radius 3 is 2.14 bits per heavy atom. The van der Waals surface area contributed by atoms with Gasteiger partial charge < -0.3 is 24.8 Å². The summed E-state index contributed by atoms with van der Waals surface area (Å²) in [6, 6.07) is 11.4. The van der Waals surface area contributed by atoms with Gasteiger partial charge in [0.25, 0.3) is 16.0 Å². The van der Waals surface area contributed by atoms with Crippen molar-refractivity contribution in [2.75, 3.05) is 41.8 Å². The summed E-state index contributed by atoms with van der Waals surface area (Å²) in [7, 11) is -3.67. The van der Waals surface area contributed by atoms with Crippen LogP contribution in [-0.2, 0) is 15.5 Å². The van der Waals surface area contributed by atoms with E-state index in [-0.39, 0.29) is 23.1 Å². The first-order valence-corrected chi connectivity index (χ1v) is 15.3. The lowest BCUT2D eigenvalue weighted by molar-refractivity contribution is 0.101. The van der Waals surface area contributed by atoms with E-state index in [0.29, 0.717) is 35.0 Å². The van der Waals surface area contributed by atoms with Gasteiger partial charge in [-0.25, -0.2) is 9.78 Å². The number of rotatable bonds is 7. The first-order chi connectivity index (χ1) is 19.7. The number of benzene rings is 1. The van der Waals surface area contributed by atoms with Gasteiger partial charge in [-0.2, -0.15) is 8.42 Å². The summed E-state index contributed by atoms with van der Waals surface area (Å²) in [5.74, 6) is 1.34. The molecule has 13 nitrogen and oxygen atoms in total. The number of carbonyl (C=O) groups is 2. The van der Waals surface area contributed by atoms with E-state index in [4.69, 9.17) is 13.8 Å². The molecule has 0 atom stereocenters. The Balaban J connectivity index is 0.000000892. The molecule has 4 N–H and O–H groups in total. The topological polar surface area (TPSA) is 176 Å². The molecule has 3 amide bonds. The molecule has 3 aromatic rings. The van der Waals surface area contributed by atoms with E-state index in [1.165, 1.54) is 0 Å². The van der Waals surface area contributed by atoms with Crippen molar-refractivity contribution in [3.8, 4) is 5.75 Å². The molecule has 4 rings (SSSR count). The maximum atomic E-state index is 12.6. The number of nitrogens with one attached hydrogen (secondary N) is 3. The van der Waals surface area contributed by atoms with Crippen LogP contribution in [-0.4, -0.2) is 71.9 Å². The molecule has 0 radical (unpaired) electrons. The van der Waals surface area contributed by atoms with E-state index in [1.54, 1.807) is 48.7 Å². The van der Waals surface area contributed by atoms with Gasteiger partial charge in [0.05, 0.1) is 12.5 Å². The van der Waals surface area contributed by atoms with Crippen LogP contribution < -0.4 is 20.7 Å². The molecular formula is C28H38N6O7S. The number of carbonyl (C=O) groups excluding carboxylic acids is 2. The fraction of sp³-hybridized carbons (Fsp3) is 0.429. The molecule has 1 aliphatic heterocycles. The SMILES string of the molecule is CCN1CCC(Oc2ccc(C(=O)Nc3ccc(NC(=O)Nc4cc(C(C)(C)C)on4)cc3)nc2)CC1.CS(=O)(=O)O. The van der Waals surface area contributed by atoms with E-state index >= 15 is 0 Å². The maximum Gasteiger partial charge on any atom is 0.324 e. The third-order valence-electron chi connectivity index (χ3n) is 6.15. The van der Waals surface area contributed by atoms with Crippen LogP contribution in [0.4, 0.5) is 22.0 Å². The van der Waals surface area contributed by atoms with Crippen molar-refractivity contribution in [3.63, 3.8) is 0 Å². The third kappa shape index (κ3) is 11.1. The van der Waals surface area contributed by atoms with Crippen molar-refractivity contribution in [1.82, 2.24) is 15.0 Å². The minimum absolute atomic E-state index is 0.176. The number of hydrogen-bond donors (Lipinski definition) is 4. The number of piperidine rings is 1. The van der Waals surface area contributed by atoms with Gasteiger partial charge in [0.1, 0.15) is 23.3 Å². The summed E-state index contributed by atoms with van der Waals surface area (Å²) in [4.78, 5) is 31.5. The third-order valence-corrected chi connectivity index (χ3v) is 6.15. The molecule has 0 bridgehead atoms. The summed E-state index contributed by atoms with van der Waals surface area (Å²) < 4.78 is 37.2. The number of urea groups is 1. The van der Waals surface area contributed by atoms with Crippen LogP contribution in [0.15, 0.2) is 53.2 Å². The number of nitrogens with zero attached hydrogens (tertiary/aromatic N) is 3. The molecule has 0 aliphatic carbocycles. The van der Waals surface area contributed by atoms with Crippen molar-refractivity contribution < 1.29 is 31.8 Å². The highest BCUT2D eigenvalue weighted by Gasteiger charge is 2.21.